The van der Waals surface area contributed by atoms with E-state index in [2.05, 4.69) is 38.7 Å². The van der Waals surface area contributed by atoms with Crippen molar-refractivity contribution in [2.45, 2.75) is 52.1 Å². The van der Waals surface area contributed by atoms with Crippen LogP contribution in [0, 0.1) is 12.7 Å². The minimum Gasteiger partial charge on any atom is -0.460 e. The van der Waals surface area contributed by atoms with Crippen LogP contribution >= 0.6 is 27.5 Å². The third kappa shape index (κ3) is 8.07. The number of pyridine rings is 1. The molecule has 0 bridgehead atoms. The molecule has 0 saturated carbocycles. The van der Waals surface area contributed by atoms with E-state index in [-0.39, 0.29) is 29.5 Å². The van der Waals surface area contributed by atoms with Crippen LogP contribution in [0.25, 0.3) is 10.9 Å². The SMILES string of the molecule is Cc1c(NCCc2ccccc2)nc2ccc(Br)cc2c1C(=O)NCC(CC(=O)OC(C)(C)C)c1c(F)cccc1Cl. The smallest absolute Gasteiger partial charge is 0.306 e. The fourth-order valence-electron chi connectivity index (χ4n) is 4.83. The average Bonchev–Trinajstić information content (AvgIpc) is 2.91. The number of anilines is 1. The van der Waals surface area contributed by atoms with Crippen molar-refractivity contribution < 1.29 is 18.7 Å². The largest absolute Gasteiger partial charge is 0.460 e. The van der Waals surface area contributed by atoms with Gasteiger partial charge in [0.2, 0.25) is 0 Å². The molecule has 0 spiro atoms. The summed E-state index contributed by atoms with van der Waals surface area (Å²) in [7, 11) is 0. The second-order valence-corrected chi connectivity index (χ2v) is 12.4. The number of hydrogen-bond donors (Lipinski definition) is 2. The summed E-state index contributed by atoms with van der Waals surface area (Å²) in [6.45, 7) is 7.73. The molecular formula is C33H34BrClFN3O3. The Kier molecular flexibility index (Phi) is 10.2. The minimum atomic E-state index is -0.749. The van der Waals surface area contributed by atoms with Gasteiger partial charge < -0.3 is 15.4 Å². The standard InChI is InChI=1S/C33H34BrClFN3O3/c1-20-29(24-18-23(34)13-14-27(24)39-31(20)37-16-15-21-9-6-5-7-10-21)32(41)38-19-22(17-28(40)42-33(2,3)4)30-25(35)11-8-12-26(30)36/h5-14,18,22H,15-17,19H2,1-4H3,(H,37,39)(H,38,41). The number of hydrogen-bond acceptors (Lipinski definition) is 5. The summed E-state index contributed by atoms with van der Waals surface area (Å²) >= 11 is 9.88. The molecule has 1 unspecified atom stereocenters. The molecule has 0 fully saturated rings. The fraction of sp³-hybridized carbons (Fsp3) is 0.303. The molecule has 0 aliphatic carbocycles. The first-order valence-electron chi connectivity index (χ1n) is 13.7. The van der Waals surface area contributed by atoms with Gasteiger partial charge in [-0.3, -0.25) is 9.59 Å². The molecule has 42 heavy (non-hydrogen) atoms. The van der Waals surface area contributed by atoms with Crippen LogP contribution in [0.5, 0.6) is 0 Å². The van der Waals surface area contributed by atoms with E-state index in [1.54, 1.807) is 26.8 Å². The monoisotopic (exact) mass is 653 g/mol. The molecule has 1 heterocycles. The Bertz CT molecular complexity index is 1570. The minimum absolute atomic E-state index is 0.0350. The summed E-state index contributed by atoms with van der Waals surface area (Å²) in [5.74, 6) is -1.58. The molecule has 9 heteroatoms. The van der Waals surface area contributed by atoms with Crippen molar-refractivity contribution in [2.75, 3.05) is 18.4 Å². The maximum absolute atomic E-state index is 15.0. The third-order valence-corrected chi connectivity index (χ3v) is 7.54. The maximum Gasteiger partial charge on any atom is 0.306 e. The number of carbonyl (C=O) groups excluding carboxylic acids is 2. The predicted octanol–water partition coefficient (Wildman–Crippen LogP) is 8.00. The van der Waals surface area contributed by atoms with Crippen LogP contribution in [-0.2, 0) is 16.0 Å². The van der Waals surface area contributed by atoms with Gasteiger partial charge >= 0.3 is 5.97 Å². The van der Waals surface area contributed by atoms with Crippen LogP contribution < -0.4 is 10.6 Å². The molecule has 1 aromatic heterocycles. The van der Waals surface area contributed by atoms with Crippen molar-refractivity contribution in [2.24, 2.45) is 0 Å². The molecule has 6 nitrogen and oxygen atoms in total. The number of aromatic nitrogens is 1. The van der Waals surface area contributed by atoms with Gasteiger partial charge in [0.25, 0.3) is 5.91 Å². The molecule has 0 aliphatic rings. The van der Waals surface area contributed by atoms with Crippen molar-refractivity contribution >= 4 is 56.1 Å². The predicted molar refractivity (Wildman–Crippen MR) is 170 cm³/mol. The third-order valence-electron chi connectivity index (χ3n) is 6.72. The Morgan fingerprint density at radius 2 is 1.81 bits per heavy atom. The normalized spacial score (nSPS) is 12.2. The highest BCUT2D eigenvalue weighted by molar-refractivity contribution is 9.10. The van der Waals surface area contributed by atoms with Gasteiger partial charge in [-0.05, 0) is 70.0 Å². The van der Waals surface area contributed by atoms with Gasteiger partial charge in [0.1, 0.15) is 17.2 Å². The second kappa shape index (κ2) is 13.7. The first-order valence-corrected chi connectivity index (χ1v) is 14.9. The van der Waals surface area contributed by atoms with Crippen LogP contribution in [-0.4, -0.2) is 35.6 Å². The summed E-state index contributed by atoms with van der Waals surface area (Å²) < 4.78 is 21.3. The molecule has 220 valence electrons. The molecule has 1 amide bonds. The van der Waals surface area contributed by atoms with Crippen LogP contribution in [0.3, 0.4) is 0 Å². The second-order valence-electron chi connectivity index (χ2n) is 11.1. The lowest BCUT2D eigenvalue weighted by atomic mass is 9.94. The molecule has 4 aromatic rings. The van der Waals surface area contributed by atoms with Crippen molar-refractivity contribution in [1.29, 1.82) is 0 Å². The lowest BCUT2D eigenvalue weighted by Crippen LogP contribution is -2.32. The number of ether oxygens (including phenoxy) is 1. The van der Waals surface area contributed by atoms with Crippen molar-refractivity contribution in [3.05, 3.63) is 104 Å². The molecule has 0 radical (unpaired) electrons. The van der Waals surface area contributed by atoms with Gasteiger partial charge in [0.15, 0.2) is 0 Å². The zero-order valence-corrected chi connectivity index (χ0v) is 26.4. The molecule has 2 N–H and O–H groups in total. The number of benzene rings is 3. The molecule has 0 aliphatic heterocycles. The number of fused-ring (bicyclic) bond motifs is 1. The van der Waals surface area contributed by atoms with E-state index in [0.29, 0.717) is 34.4 Å². The van der Waals surface area contributed by atoms with E-state index in [4.69, 9.17) is 21.3 Å². The van der Waals surface area contributed by atoms with Crippen LogP contribution in [0.15, 0.2) is 71.2 Å². The Balaban J connectivity index is 1.62. The summed E-state index contributed by atoms with van der Waals surface area (Å²) in [5.41, 5.74) is 2.41. The number of esters is 1. The van der Waals surface area contributed by atoms with Crippen LogP contribution in [0.1, 0.15) is 60.2 Å². The summed E-state index contributed by atoms with van der Waals surface area (Å²) in [5, 5.41) is 7.17. The quantitative estimate of drug-likeness (QED) is 0.170. The van der Waals surface area contributed by atoms with Gasteiger partial charge in [-0.15, -0.1) is 0 Å². The first-order chi connectivity index (χ1) is 19.9. The van der Waals surface area contributed by atoms with Gasteiger partial charge in [0, 0.05) is 45.0 Å². The highest BCUT2D eigenvalue weighted by Crippen LogP contribution is 2.32. The van der Waals surface area contributed by atoms with Crippen molar-refractivity contribution in [3.8, 4) is 0 Å². The van der Waals surface area contributed by atoms with E-state index in [9.17, 15) is 14.0 Å². The van der Waals surface area contributed by atoms with Crippen LogP contribution in [0.2, 0.25) is 5.02 Å². The van der Waals surface area contributed by atoms with E-state index in [0.717, 1.165) is 10.9 Å². The highest BCUT2D eigenvalue weighted by Gasteiger charge is 2.27. The zero-order valence-electron chi connectivity index (χ0n) is 24.1. The molecular weight excluding hydrogens is 621 g/mol. The van der Waals surface area contributed by atoms with Crippen LogP contribution in [0.4, 0.5) is 10.2 Å². The highest BCUT2D eigenvalue weighted by atomic mass is 79.9. The van der Waals surface area contributed by atoms with E-state index >= 15 is 0 Å². The van der Waals surface area contributed by atoms with E-state index in [1.165, 1.54) is 17.7 Å². The van der Waals surface area contributed by atoms with E-state index < -0.39 is 23.3 Å². The van der Waals surface area contributed by atoms with Gasteiger partial charge in [-0.25, -0.2) is 9.37 Å². The molecule has 3 aromatic carbocycles. The zero-order chi connectivity index (χ0) is 30.4. The molecule has 1 atom stereocenters. The number of nitrogens with zero attached hydrogens (tertiary/aromatic N) is 1. The Morgan fingerprint density at radius 1 is 1.07 bits per heavy atom. The van der Waals surface area contributed by atoms with E-state index in [1.807, 2.05) is 43.3 Å². The number of amides is 1. The maximum atomic E-state index is 15.0. The topological polar surface area (TPSA) is 80.3 Å². The molecule has 4 rings (SSSR count). The lowest BCUT2D eigenvalue weighted by Gasteiger charge is -2.24. The Labute approximate surface area is 259 Å². The Morgan fingerprint density at radius 3 is 2.50 bits per heavy atom. The number of carbonyl (C=O) groups is 2. The summed E-state index contributed by atoms with van der Waals surface area (Å²) in [4.78, 5) is 31.4. The molecule has 0 saturated heterocycles. The Hall–Kier alpha value is -3.49. The van der Waals surface area contributed by atoms with Gasteiger partial charge in [-0.1, -0.05) is 63.9 Å². The summed E-state index contributed by atoms with van der Waals surface area (Å²) in [6.07, 6.45) is 0.629. The summed E-state index contributed by atoms with van der Waals surface area (Å²) in [6, 6.07) is 20.0. The average molecular weight is 655 g/mol. The fourth-order valence-corrected chi connectivity index (χ4v) is 5.51. The van der Waals surface area contributed by atoms with Gasteiger partial charge in [-0.2, -0.15) is 0 Å². The lowest BCUT2D eigenvalue weighted by molar-refractivity contribution is -0.155. The number of rotatable bonds is 10. The van der Waals surface area contributed by atoms with Crippen molar-refractivity contribution in [3.63, 3.8) is 0 Å². The number of nitrogens with one attached hydrogen (secondary N) is 2. The van der Waals surface area contributed by atoms with Crippen molar-refractivity contribution in [1.82, 2.24) is 10.3 Å². The van der Waals surface area contributed by atoms with Gasteiger partial charge in [0.05, 0.1) is 17.5 Å². The first kappa shape index (κ1) is 31.4. The number of halogens is 3.